The number of hydrogen-bond donors (Lipinski definition) is 0. The maximum atomic E-state index is 3.98. The Labute approximate surface area is 95.1 Å². The summed E-state index contributed by atoms with van der Waals surface area (Å²) in [7, 11) is 0. The van der Waals surface area contributed by atoms with Gasteiger partial charge in [-0.25, -0.2) is 0 Å². The molecule has 0 spiro atoms. The molecule has 0 nitrogen and oxygen atoms in total. The third-order valence-electron chi connectivity index (χ3n) is 5.18. The molecule has 2 rings (SSSR count). The van der Waals surface area contributed by atoms with Gasteiger partial charge in [-0.3, -0.25) is 0 Å². The largest absolute Gasteiger partial charge is 0.103 e. The fraction of sp³-hybridized carbons (Fsp3) is 0.867. The van der Waals surface area contributed by atoms with Crippen LogP contribution in [0.5, 0.6) is 0 Å². The van der Waals surface area contributed by atoms with Crippen molar-refractivity contribution in [2.45, 2.75) is 52.4 Å². The van der Waals surface area contributed by atoms with Crippen LogP contribution in [0.2, 0.25) is 0 Å². The summed E-state index contributed by atoms with van der Waals surface area (Å²) in [5.41, 5.74) is 0. The molecule has 0 aromatic rings. The van der Waals surface area contributed by atoms with Crippen LogP contribution in [0.15, 0.2) is 12.7 Å². The van der Waals surface area contributed by atoms with Gasteiger partial charge in [-0.05, 0) is 61.7 Å². The van der Waals surface area contributed by atoms with Crippen molar-refractivity contribution < 1.29 is 0 Å². The van der Waals surface area contributed by atoms with Gasteiger partial charge in [-0.1, -0.05) is 26.3 Å². The fourth-order valence-corrected chi connectivity index (χ4v) is 3.82. The van der Waals surface area contributed by atoms with Crippen LogP contribution in [-0.4, -0.2) is 0 Å². The van der Waals surface area contributed by atoms with Gasteiger partial charge in [-0.15, -0.1) is 6.58 Å². The van der Waals surface area contributed by atoms with E-state index in [0.717, 1.165) is 29.6 Å². The van der Waals surface area contributed by atoms with E-state index in [-0.39, 0.29) is 0 Å². The molecule has 15 heavy (non-hydrogen) atoms. The molecule has 0 bridgehead atoms. The van der Waals surface area contributed by atoms with E-state index >= 15 is 0 Å². The quantitative estimate of drug-likeness (QED) is 0.587. The number of allylic oxidation sites excluding steroid dienone is 1. The zero-order chi connectivity index (χ0) is 10.8. The summed E-state index contributed by atoms with van der Waals surface area (Å²) in [4.78, 5) is 0. The highest BCUT2D eigenvalue weighted by Gasteiger charge is 2.42. The van der Waals surface area contributed by atoms with Crippen molar-refractivity contribution >= 4 is 0 Å². The minimum atomic E-state index is 0.775. The Morgan fingerprint density at radius 3 is 2.53 bits per heavy atom. The van der Waals surface area contributed by atoms with E-state index in [1.54, 1.807) is 0 Å². The van der Waals surface area contributed by atoms with Crippen LogP contribution in [0.1, 0.15) is 52.4 Å². The van der Waals surface area contributed by atoms with Crippen LogP contribution in [-0.2, 0) is 0 Å². The molecular formula is C15H26. The molecule has 0 radical (unpaired) electrons. The lowest BCUT2D eigenvalue weighted by Crippen LogP contribution is -2.40. The first-order chi connectivity index (χ1) is 7.26. The van der Waals surface area contributed by atoms with E-state index in [2.05, 4.69) is 26.5 Å². The summed E-state index contributed by atoms with van der Waals surface area (Å²) < 4.78 is 0. The Morgan fingerprint density at radius 2 is 2.00 bits per heavy atom. The molecule has 0 heteroatoms. The number of rotatable bonds is 4. The van der Waals surface area contributed by atoms with Crippen molar-refractivity contribution in [3.05, 3.63) is 12.7 Å². The second kappa shape index (κ2) is 4.72. The number of fused-ring (bicyclic) bond motifs is 1. The van der Waals surface area contributed by atoms with Gasteiger partial charge in [-0.2, -0.15) is 0 Å². The normalized spacial score (nSPS) is 41.5. The van der Waals surface area contributed by atoms with Crippen LogP contribution in [0, 0.1) is 29.6 Å². The summed E-state index contributed by atoms with van der Waals surface area (Å²) in [5.74, 6) is 4.95. The Balaban J connectivity index is 1.95. The van der Waals surface area contributed by atoms with Gasteiger partial charge in [0.25, 0.3) is 0 Å². The lowest BCUT2D eigenvalue weighted by atomic mass is 9.56. The predicted octanol–water partition coefficient (Wildman–Crippen LogP) is 4.66. The predicted molar refractivity (Wildman–Crippen MR) is 66.7 cm³/mol. The lowest BCUT2D eigenvalue weighted by Gasteiger charge is -2.50. The third-order valence-corrected chi connectivity index (χ3v) is 5.18. The molecule has 0 aromatic heterocycles. The molecule has 86 valence electrons. The third kappa shape index (κ3) is 2.14. The van der Waals surface area contributed by atoms with E-state index in [1.165, 1.54) is 38.5 Å². The zero-order valence-corrected chi connectivity index (χ0v) is 10.4. The zero-order valence-electron chi connectivity index (χ0n) is 10.4. The molecule has 2 saturated carbocycles. The molecule has 0 aliphatic heterocycles. The summed E-state index contributed by atoms with van der Waals surface area (Å²) in [6.07, 6.45) is 10.9. The van der Waals surface area contributed by atoms with E-state index in [1.807, 2.05) is 0 Å². The SMILES string of the molecule is C=CC(CC)CC1C(C)CCC2CCC21. The first kappa shape index (κ1) is 11.2. The Bertz CT molecular complexity index is 218. The molecule has 0 amide bonds. The Hall–Kier alpha value is -0.260. The van der Waals surface area contributed by atoms with Gasteiger partial charge in [0.1, 0.15) is 0 Å². The highest BCUT2D eigenvalue weighted by molar-refractivity contribution is 4.94. The molecule has 0 heterocycles. The van der Waals surface area contributed by atoms with Gasteiger partial charge in [0.2, 0.25) is 0 Å². The molecule has 5 unspecified atom stereocenters. The summed E-state index contributed by atoms with van der Waals surface area (Å²) in [5, 5.41) is 0. The number of hydrogen-bond acceptors (Lipinski definition) is 0. The Morgan fingerprint density at radius 1 is 1.27 bits per heavy atom. The average Bonchev–Trinajstić information content (AvgIpc) is 2.20. The van der Waals surface area contributed by atoms with Crippen molar-refractivity contribution in [3.8, 4) is 0 Å². The molecule has 0 saturated heterocycles. The monoisotopic (exact) mass is 206 g/mol. The van der Waals surface area contributed by atoms with Gasteiger partial charge in [0.15, 0.2) is 0 Å². The second-order valence-electron chi connectivity index (χ2n) is 5.86. The van der Waals surface area contributed by atoms with Crippen molar-refractivity contribution in [1.82, 2.24) is 0 Å². The standard InChI is InChI=1S/C15H26/c1-4-12(5-2)10-15-11(3)6-7-13-8-9-14(13)15/h4,11-15H,1,5-10H2,2-3H3. The van der Waals surface area contributed by atoms with Crippen molar-refractivity contribution in [1.29, 1.82) is 0 Å². The smallest absolute Gasteiger partial charge is 0.0236 e. The van der Waals surface area contributed by atoms with Crippen LogP contribution in [0.4, 0.5) is 0 Å². The van der Waals surface area contributed by atoms with Gasteiger partial charge < -0.3 is 0 Å². The average molecular weight is 206 g/mol. The van der Waals surface area contributed by atoms with Gasteiger partial charge in [0, 0.05) is 0 Å². The summed E-state index contributed by atoms with van der Waals surface area (Å²) in [6.45, 7) is 8.77. The van der Waals surface area contributed by atoms with E-state index < -0.39 is 0 Å². The van der Waals surface area contributed by atoms with Gasteiger partial charge >= 0.3 is 0 Å². The molecule has 2 fully saturated rings. The van der Waals surface area contributed by atoms with Crippen LogP contribution in [0.25, 0.3) is 0 Å². The minimum absolute atomic E-state index is 0.775. The van der Waals surface area contributed by atoms with Crippen molar-refractivity contribution in [2.24, 2.45) is 29.6 Å². The first-order valence-electron chi connectivity index (χ1n) is 6.88. The molecule has 2 aliphatic rings. The second-order valence-corrected chi connectivity index (χ2v) is 5.86. The lowest BCUT2D eigenvalue weighted by molar-refractivity contribution is 0.00648. The van der Waals surface area contributed by atoms with Crippen LogP contribution in [0.3, 0.4) is 0 Å². The molecule has 5 atom stereocenters. The van der Waals surface area contributed by atoms with E-state index in [4.69, 9.17) is 0 Å². The molecule has 0 N–H and O–H groups in total. The first-order valence-corrected chi connectivity index (χ1v) is 6.88. The topological polar surface area (TPSA) is 0 Å². The molecule has 2 aliphatic carbocycles. The summed E-state index contributed by atoms with van der Waals surface area (Å²) in [6, 6.07) is 0. The van der Waals surface area contributed by atoms with Gasteiger partial charge in [0.05, 0.1) is 0 Å². The van der Waals surface area contributed by atoms with E-state index in [0.29, 0.717) is 0 Å². The fourth-order valence-electron chi connectivity index (χ4n) is 3.82. The highest BCUT2D eigenvalue weighted by atomic mass is 14.5. The highest BCUT2D eigenvalue weighted by Crippen LogP contribution is 2.52. The maximum absolute atomic E-state index is 3.98. The van der Waals surface area contributed by atoms with Crippen molar-refractivity contribution in [3.63, 3.8) is 0 Å². The van der Waals surface area contributed by atoms with Crippen molar-refractivity contribution in [2.75, 3.05) is 0 Å². The Kier molecular flexibility index (Phi) is 3.53. The maximum Gasteiger partial charge on any atom is -0.0236 e. The minimum Gasteiger partial charge on any atom is -0.103 e. The molecule has 0 aromatic carbocycles. The van der Waals surface area contributed by atoms with Crippen LogP contribution < -0.4 is 0 Å². The van der Waals surface area contributed by atoms with E-state index in [9.17, 15) is 0 Å². The van der Waals surface area contributed by atoms with Crippen LogP contribution >= 0.6 is 0 Å². The molecular weight excluding hydrogens is 180 g/mol. The summed E-state index contributed by atoms with van der Waals surface area (Å²) >= 11 is 0.